The van der Waals surface area contributed by atoms with Gasteiger partial charge >= 0.3 is 6.09 Å². The van der Waals surface area contributed by atoms with Gasteiger partial charge in [-0.15, -0.1) is 0 Å². The summed E-state index contributed by atoms with van der Waals surface area (Å²) in [7, 11) is 0. The summed E-state index contributed by atoms with van der Waals surface area (Å²) in [5.74, 6) is -3.80. The smallest absolute Gasteiger partial charge is 0.410 e. The van der Waals surface area contributed by atoms with E-state index in [1.807, 2.05) is 36.4 Å². The summed E-state index contributed by atoms with van der Waals surface area (Å²) in [6.45, 7) is 0.223. The molecule has 2 heterocycles. The van der Waals surface area contributed by atoms with Crippen LogP contribution in [0.15, 0.2) is 54.1 Å². The van der Waals surface area contributed by atoms with Crippen molar-refractivity contribution >= 4 is 6.09 Å². The Morgan fingerprint density at radius 1 is 1.03 bits per heavy atom. The van der Waals surface area contributed by atoms with Crippen LogP contribution < -0.4 is 0 Å². The number of carbonyl (C=O) groups is 1. The predicted molar refractivity (Wildman–Crippen MR) is 103 cm³/mol. The predicted octanol–water partition coefficient (Wildman–Crippen LogP) is 5.54. The lowest BCUT2D eigenvalue weighted by molar-refractivity contribution is 0.0481. The van der Waals surface area contributed by atoms with Crippen molar-refractivity contribution in [2.75, 3.05) is 0 Å². The Morgan fingerprint density at radius 3 is 2.45 bits per heavy atom. The van der Waals surface area contributed by atoms with Gasteiger partial charge in [0.2, 0.25) is 0 Å². The van der Waals surface area contributed by atoms with E-state index >= 15 is 0 Å². The van der Waals surface area contributed by atoms with Crippen molar-refractivity contribution < 1.29 is 22.7 Å². The summed E-state index contributed by atoms with van der Waals surface area (Å²) in [6, 6.07) is 11.5. The lowest BCUT2D eigenvalue weighted by Gasteiger charge is -2.44. The van der Waals surface area contributed by atoms with Crippen LogP contribution in [-0.4, -0.2) is 23.1 Å². The quantitative estimate of drug-likeness (QED) is 0.498. The molecule has 2 unspecified atom stereocenters. The van der Waals surface area contributed by atoms with Gasteiger partial charge in [0.15, 0.2) is 17.5 Å². The number of nitrogens with zero attached hydrogens (tertiary/aromatic N) is 1. The highest BCUT2D eigenvalue weighted by atomic mass is 19.2. The molecule has 1 amide bonds. The first-order valence-corrected chi connectivity index (χ1v) is 9.83. The van der Waals surface area contributed by atoms with Gasteiger partial charge in [0, 0.05) is 6.04 Å². The standard InChI is InChI=1S/C23H22F3NO2/c24-20-12-17(13-21(25)22(20)26)9-16-10-18-7-4-8-19(11-16)27(18)23(28)29-14-15-5-2-1-3-6-15/h1-3,5-6,10,12-13,18-19H,4,7-9,11,14H2. The second kappa shape index (κ2) is 8.31. The number of piperidine rings is 1. The number of hydrogen-bond acceptors (Lipinski definition) is 2. The molecule has 3 nitrogen and oxygen atoms in total. The molecular formula is C23H22F3NO2. The Bertz CT molecular complexity index is 906. The van der Waals surface area contributed by atoms with Crippen molar-refractivity contribution in [2.24, 2.45) is 0 Å². The van der Waals surface area contributed by atoms with Crippen molar-refractivity contribution in [1.82, 2.24) is 4.90 Å². The minimum atomic E-state index is -1.45. The van der Waals surface area contributed by atoms with Crippen molar-refractivity contribution in [3.05, 3.63) is 82.7 Å². The van der Waals surface area contributed by atoms with Crippen LogP contribution in [0.3, 0.4) is 0 Å². The highest BCUT2D eigenvalue weighted by molar-refractivity contribution is 5.69. The van der Waals surface area contributed by atoms with Gasteiger partial charge in [-0.3, -0.25) is 4.90 Å². The third kappa shape index (κ3) is 4.31. The molecule has 2 bridgehead atoms. The van der Waals surface area contributed by atoms with Gasteiger partial charge < -0.3 is 4.74 Å². The normalized spacial score (nSPS) is 20.9. The van der Waals surface area contributed by atoms with Gasteiger partial charge in [-0.2, -0.15) is 0 Å². The van der Waals surface area contributed by atoms with E-state index in [1.165, 1.54) is 0 Å². The summed E-state index contributed by atoms with van der Waals surface area (Å²) >= 11 is 0. The van der Waals surface area contributed by atoms with Crippen LogP contribution >= 0.6 is 0 Å². The van der Waals surface area contributed by atoms with E-state index in [4.69, 9.17) is 4.74 Å². The molecule has 0 radical (unpaired) electrons. The maximum absolute atomic E-state index is 13.5. The fourth-order valence-corrected chi connectivity index (χ4v) is 4.30. The number of amides is 1. The maximum atomic E-state index is 13.5. The molecule has 6 heteroatoms. The summed E-state index contributed by atoms with van der Waals surface area (Å²) in [4.78, 5) is 14.5. The van der Waals surface area contributed by atoms with E-state index in [0.717, 1.165) is 42.5 Å². The second-order valence-corrected chi connectivity index (χ2v) is 7.68. The van der Waals surface area contributed by atoms with Crippen LogP contribution in [0.1, 0.15) is 36.8 Å². The Morgan fingerprint density at radius 2 is 1.76 bits per heavy atom. The number of rotatable bonds is 4. The fourth-order valence-electron chi connectivity index (χ4n) is 4.30. The van der Waals surface area contributed by atoms with Crippen molar-refractivity contribution in [2.45, 2.75) is 50.8 Å². The number of carbonyl (C=O) groups excluding carboxylic acids is 1. The fraction of sp³-hybridized carbons (Fsp3) is 0.348. The highest BCUT2D eigenvalue weighted by Crippen LogP contribution is 2.35. The van der Waals surface area contributed by atoms with Crippen LogP contribution in [0, 0.1) is 17.5 Å². The van der Waals surface area contributed by atoms with E-state index in [0.29, 0.717) is 18.4 Å². The first kappa shape index (κ1) is 19.6. The average molecular weight is 401 g/mol. The summed E-state index contributed by atoms with van der Waals surface area (Å²) in [5, 5.41) is 0. The summed E-state index contributed by atoms with van der Waals surface area (Å²) < 4.78 is 45.7. The molecule has 1 saturated heterocycles. The Labute approximate surface area is 167 Å². The van der Waals surface area contributed by atoms with E-state index in [1.54, 1.807) is 4.90 Å². The van der Waals surface area contributed by atoms with Crippen molar-refractivity contribution in [3.8, 4) is 0 Å². The van der Waals surface area contributed by atoms with Gasteiger partial charge in [-0.05, 0) is 55.4 Å². The SMILES string of the molecule is O=C(OCc1ccccc1)N1C2C=C(Cc3cc(F)c(F)c(F)c3)CC1CCC2. The largest absolute Gasteiger partial charge is 0.445 e. The monoisotopic (exact) mass is 401 g/mol. The second-order valence-electron chi connectivity index (χ2n) is 7.68. The van der Waals surface area contributed by atoms with Gasteiger partial charge in [-0.1, -0.05) is 42.0 Å². The first-order valence-electron chi connectivity index (χ1n) is 9.83. The van der Waals surface area contributed by atoms with Crippen molar-refractivity contribution in [3.63, 3.8) is 0 Å². The molecule has 0 N–H and O–H groups in total. The average Bonchev–Trinajstić information content (AvgIpc) is 2.70. The van der Waals surface area contributed by atoms with Gasteiger partial charge in [0.05, 0.1) is 6.04 Å². The van der Waals surface area contributed by atoms with Crippen LogP contribution in [-0.2, 0) is 17.8 Å². The molecule has 0 aliphatic carbocycles. The third-order valence-corrected chi connectivity index (χ3v) is 5.60. The van der Waals surface area contributed by atoms with Crippen LogP contribution in [0.25, 0.3) is 0 Å². The maximum Gasteiger partial charge on any atom is 0.410 e. The van der Waals surface area contributed by atoms with Crippen LogP contribution in [0.4, 0.5) is 18.0 Å². The molecule has 29 heavy (non-hydrogen) atoms. The van der Waals surface area contributed by atoms with Gasteiger partial charge in [-0.25, -0.2) is 18.0 Å². The zero-order chi connectivity index (χ0) is 20.4. The molecule has 0 saturated carbocycles. The highest BCUT2D eigenvalue weighted by Gasteiger charge is 2.37. The van der Waals surface area contributed by atoms with Crippen LogP contribution in [0.5, 0.6) is 0 Å². The minimum Gasteiger partial charge on any atom is -0.445 e. The molecule has 152 valence electrons. The minimum absolute atomic E-state index is 0.00663. The lowest BCUT2D eigenvalue weighted by atomic mass is 9.83. The molecule has 2 aliphatic rings. The zero-order valence-electron chi connectivity index (χ0n) is 15.9. The third-order valence-electron chi connectivity index (χ3n) is 5.60. The summed E-state index contributed by atoms with van der Waals surface area (Å²) in [6.07, 6.45) is 5.33. The number of hydrogen-bond donors (Lipinski definition) is 0. The molecule has 1 fully saturated rings. The molecule has 0 aromatic heterocycles. The molecule has 2 atom stereocenters. The van der Waals surface area contributed by atoms with Gasteiger partial charge in [0.1, 0.15) is 6.61 Å². The van der Waals surface area contributed by atoms with Crippen molar-refractivity contribution in [1.29, 1.82) is 0 Å². The number of benzene rings is 2. The zero-order valence-corrected chi connectivity index (χ0v) is 15.9. The van der Waals surface area contributed by atoms with E-state index in [9.17, 15) is 18.0 Å². The molecule has 2 aromatic rings. The summed E-state index contributed by atoms with van der Waals surface area (Å²) in [5.41, 5.74) is 2.34. The van der Waals surface area contributed by atoms with Gasteiger partial charge in [0.25, 0.3) is 0 Å². The Hall–Kier alpha value is -2.76. The van der Waals surface area contributed by atoms with E-state index < -0.39 is 17.5 Å². The first-order chi connectivity index (χ1) is 14.0. The molecule has 2 aliphatic heterocycles. The van der Waals surface area contributed by atoms with E-state index in [2.05, 4.69) is 0 Å². The molecule has 0 spiro atoms. The molecule has 2 aromatic carbocycles. The molecular weight excluding hydrogens is 379 g/mol. The Kier molecular flexibility index (Phi) is 5.60. The van der Waals surface area contributed by atoms with Crippen LogP contribution in [0.2, 0.25) is 0 Å². The van der Waals surface area contributed by atoms with E-state index in [-0.39, 0.29) is 24.8 Å². The number of ether oxygens (including phenoxy) is 1. The number of fused-ring (bicyclic) bond motifs is 2. The topological polar surface area (TPSA) is 29.5 Å². The number of halogens is 3. The Balaban J connectivity index is 1.46. The molecule has 4 rings (SSSR count). The lowest BCUT2D eigenvalue weighted by Crippen LogP contribution is -2.52.